The normalized spacial score (nSPS) is 9.58. The molecule has 0 saturated carbocycles. The Labute approximate surface area is 118 Å². The first-order chi connectivity index (χ1) is 9.27. The minimum Gasteiger partial charge on any atom is -0.352 e. The highest BCUT2D eigenvalue weighted by atomic mass is 32.2. The number of rotatable bonds is 6. The summed E-state index contributed by atoms with van der Waals surface area (Å²) in [6.45, 7) is 0.990. The van der Waals surface area contributed by atoms with E-state index in [9.17, 15) is 4.79 Å². The molecule has 1 heterocycles. The number of nitrogens with zero attached hydrogens (tertiary/aromatic N) is 1. The quantitative estimate of drug-likeness (QED) is 0.607. The van der Waals surface area contributed by atoms with E-state index in [0.717, 1.165) is 18.6 Å². The minimum atomic E-state index is -0.104. The lowest BCUT2D eigenvalue weighted by Crippen LogP contribution is -2.24. The molecule has 5 heteroatoms. The van der Waals surface area contributed by atoms with Gasteiger partial charge in [0.2, 0.25) is 0 Å². The van der Waals surface area contributed by atoms with Crippen molar-refractivity contribution in [3.8, 4) is 11.8 Å². The third-order valence-corrected chi connectivity index (χ3v) is 3.09. The van der Waals surface area contributed by atoms with Crippen LogP contribution in [0.15, 0.2) is 18.5 Å². The van der Waals surface area contributed by atoms with Crippen molar-refractivity contribution < 1.29 is 4.79 Å². The van der Waals surface area contributed by atoms with Crippen LogP contribution in [0.25, 0.3) is 0 Å². The van der Waals surface area contributed by atoms with E-state index in [1.807, 2.05) is 11.8 Å². The number of hydrogen-bond donors (Lipinski definition) is 2. The van der Waals surface area contributed by atoms with Gasteiger partial charge in [-0.05, 0) is 30.9 Å². The van der Waals surface area contributed by atoms with Gasteiger partial charge in [0.25, 0.3) is 5.91 Å². The van der Waals surface area contributed by atoms with Crippen LogP contribution in [0.5, 0.6) is 0 Å². The molecular weight excluding hydrogens is 258 g/mol. The Kier molecular flexibility index (Phi) is 7.71. The van der Waals surface area contributed by atoms with E-state index in [4.69, 9.17) is 5.73 Å². The van der Waals surface area contributed by atoms with E-state index in [1.165, 1.54) is 0 Å². The molecule has 0 aliphatic carbocycles. The molecule has 3 N–H and O–H groups in total. The standard InChI is InChI=1S/C14H19N3OS/c1-19-8-3-2-7-17-14(18)13-9-12(5-4-6-15)10-16-11-13/h9-11H,2-3,6-8,15H2,1H3,(H,17,18). The molecule has 0 atom stereocenters. The van der Waals surface area contributed by atoms with E-state index < -0.39 is 0 Å². The van der Waals surface area contributed by atoms with Crippen molar-refractivity contribution in [3.63, 3.8) is 0 Å². The van der Waals surface area contributed by atoms with Gasteiger partial charge in [-0.15, -0.1) is 0 Å². The second-order valence-electron chi connectivity index (χ2n) is 3.92. The largest absolute Gasteiger partial charge is 0.352 e. The van der Waals surface area contributed by atoms with Gasteiger partial charge in [-0.25, -0.2) is 0 Å². The summed E-state index contributed by atoms with van der Waals surface area (Å²) in [5.41, 5.74) is 6.55. The molecule has 0 aliphatic rings. The lowest BCUT2D eigenvalue weighted by Gasteiger charge is -2.04. The SMILES string of the molecule is CSCCCCNC(=O)c1cncc(C#CCN)c1. The van der Waals surface area contributed by atoms with Gasteiger partial charge in [-0.2, -0.15) is 11.8 Å². The molecule has 1 aromatic rings. The molecule has 1 aromatic heterocycles. The van der Waals surface area contributed by atoms with Gasteiger partial charge in [0.05, 0.1) is 12.1 Å². The number of aromatic nitrogens is 1. The lowest BCUT2D eigenvalue weighted by atomic mass is 10.2. The predicted octanol–water partition coefficient (Wildman–Crippen LogP) is 1.26. The van der Waals surface area contributed by atoms with Crippen LogP contribution in [0.4, 0.5) is 0 Å². The van der Waals surface area contributed by atoms with Gasteiger partial charge >= 0.3 is 0 Å². The van der Waals surface area contributed by atoms with E-state index in [0.29, 0.717) is 24.2 Å². The van der Waals surface area contributed by atoms with Crippen molar-refractivity contribution in [1.29, 1.82) is 0 Å². The monoisotopic (exact) mass is 277 g/mol. The predicted molar refractivity (Wildman–Crippen MR) is 80.1 cm³/mol. The summed E-state index contributed by atoms with van der Waals surface area (Å²) in [7, 11) is 0. The van der Waals surface area contributed by atoms with Gasteiger partial charge in [-0.3, -0.25) is 9.78 Å². The van der Waals surface area contributed by atoms with Gasteiger partial charge in [0.15, 0.2) is 0 Å². The van der Waals surface area contributed by atoms with Gasteiger partial charge in [0, 0.05) is 24.5 Å². The van der Waals surface area contributed by atoms with Gasteiger partial charge in [-0.1, -0.05) is 11.8 Å². The van der Waals surface area contributed by atoms with Crippen LogP contribution in [0.1, 0.15) is 28.8 Å². The Morgan fingerprint density at radius 2 is 2.32 bits per heavy atom. The summed E-state index contributed by atoms with van der Waals surface area (Å²) in [5.74, 6) is 6.63. The zero-order valence-corrected chi connectivity index (χ0v) is 11.9. The molecule has 1 amide bonds. The number of nitrogens with two attached hydrogens (primary N) is 1. The fraction of sp³-hybridized carbons (Fsp3) is 0.429. The average Bonchev–Trinajstić information content (AvgIpc) is 2.45. The first-order valence-corrected chi connectivity index (χ1v) is 7.58. The molecule has 0 aromatic carbocycles. The van der Waals surface area contributed by atoms with Crippen molar-refractivity contribution >= 4 is 17.7 Å². The van der Waals surface area contributed by atoms with E-state index in [-0.39, 0.29) is 5.91 Å². The number of pyridine rings is 1. The fourth-order valence-corrected chi connectivity index (χ4v) is 1.95. The van der Waals surface area contributed by atoms with Crippen molar-refractivity contribution in [2.75, 3.05) is 25.1 Å². The second kappa shape index (κ2) is 9.42. The second-order valence-corrected chi connectivity index (χ2v) is 4.91. The number of thioether (sulfide) groups is 1. The van der Waals surface area contributed by atoms with Crippen LogP contribution >= 0.6 is 11.8 Å². The molecule has 1 rings (SSSR count). The highest BCUT2D eigenvalue weighted by Crippen LogP contribution is 2.02. The Morgan fingerprint density at radius 3 is 3.05 bits per heavy atom. The van der Waals surface area contributed by atoms with Crippen LogP contribution in [0, 0.1) is 11.8 Å². The maximum atomic E-state index is 11.9. The van der Waals surface area contributed by atoms with Crippen molar-refractivity contribution in [2.45, 2.75) is 12.8 Å². The maximum Gasteiger partial charge on any atom is 0.252 e. The van der Waals surface area contributed by atoms with E-state index in [2.05, 4.69) is 28.4 Å². The molecule has 0 aliphatic heterocycles. The molecule has 102 valence electrons. The van der Waals surface area contributed by atoms with Crippen LogP contribution in [-0.4, -0.2) is 36.0 Å². The first kappa shape index (κ1) is 15.5. The third kappa shape index (κ3) is 6.27. The summed E-state index contributed by atoms with van der Waals surface area (Å²) in [5, 5.41) is 2.88. The molecule has 0 saturated heterocycles. The highest BCUT2D eigenvalue weighted by Gasteiger charge is 2.05. The van der Waals surface area contributed by atoms with Crippen molar-refractivity contribution in [1.82, 2.24) is 10.3 Å². The molecular formula is C14H19N3OS. The Bertz CT molecular complexity index is 465. The molecule has 4 nitrogen and oxygen atoms in total. The topological polar surface area (TPSA) is 68.0 Å². The number of nitrogens with one attached hydrogen (secondary N) is 1. The van der Waals surface area contributed by atoms with Crippen LogP contribution in [0.3, 0.4) is 0 Å². The molecule has 0 unspecified atom stereocenters. The average molecular weight is 277 g/mol. The first-order valence-electron chi connectivity index (χ1n) is 6.19. The molecule has 0 spiro atoms. The van der Waals surface area contributed by atoms with Crippen LogP contribution in [-0.2, 0) is 0 Å². The zero-order chi connectivity index (χ0) is 13.9. The van der Waals surface area contributed by atoms with Crippen LogP contribution < -0.4 is 11.1 Å². The minimum absolute atomic E-state index is 0.104. The van der Waals surface area contributed by atoms with Crippen molar-refractivity contribution in [2.24, 2.45) is 5.73 Å². The van der Waals surface area contributed by atoms with Crippen LogP contribution in [0.2, 0.25) is 0 Å². The van der Waals surface area contributed by atoms with E-state index in [1.54, 1.807) is 18.5 Å². The molecule has 19 heavy (non-hydrogen) atoms. The molecule has 0 bridgehead atoms. The Hall–Kier alpha value is -1.51. The van der Waals surface area contributed by atoms with Gasteiger partial charge < -0.3 is 11.1 Å². The smallest absolute Gasteiger partial charge is 0.252 e. The fourth-order valence-electron chi connectivity index (χ4n) is 1.46. The maximum absolute atomic E-state index is 11.9. The number of amides is 1. The molecule has 0 fully saturated rings. The van der Waals surface area contributed by atoms with Crippen molar-refractivity contribution in [3.05, 3.63) is 29.6 Å². The number of unbranched alkanes of at least 4 members (excludes halogenated alkanes) is 1. The summed E-state index contributed by atoms with van der Waals surface area (Å²) < 4.78 is 0. The number of carbonyl (C=O) groups is 1. The summed E-state index contributed by atoms with van der Waals surface area (Å²) >= 11 is 1.82. The summed E-state index contributed by atoms with van der Waals surface area (Å²) in [4.78, 5) is 15.9. The highest BCUT2D eigenvalue weighted by molar-refractivity contribution is 7.98. The Balaban J connectivity index is 2.48. The number of carbonyl (C=O) groups excluding carboxylic acids is 1. The Morgan fingerprint density at radius 1 is 1.47 bits per heavy atom. The third-order valence-electron chi connectivity index (χ3n) is 2.40. The van der Waals surface area contributed by atoms with Gasteiger partial charge in [0.1, 0.15) is 0 Å². The summed E-state index contributed by atoms with van der Waals surface area (Å²) in [6, 6.07) is 1.73. The van der Waals surface area contributed by atoms with E-state index >= 15 is 0 Å². The zero-order valence-electron chi connectivity index (χ0n) is 11.1. The molecule has 0 radical (unpaired) electrons. The lowest BCUT2D eigenvalue weighted by molar-refractivity contribution is 0.0953. The summed E-state index contributed by atoms with van der Waals surface area (Å²) in [6.07, 6.45) is 7.36. The number of hydrogen-bond acceptors (Lipinski definition) is 4.